The summed E-state index contributed by atoms with van der Waals surface area (Å²) in [7, 11) is 0. The summed E-state index contributed by atoms with van der Waals surface area (Å²) in [5.41, 5.74) is 1.44. The first-order chi connectivity index (χ1) is 11.3. The molecule has 0 saturated carbocycles. The van der Waals surface area contributed by atoms with Gasteiger partial charge in [0.15, 0.2) is 0 Å². The largest absolute Gasteiger partial charge is 0.376 e. The maximum absolute atomic E-state index is 12.3. The standard InChI is InChI=1S/C15H21N5O2S/c1-2-5-13-14(23-19-18-13)15(21)17-11-8-16-20(9-11)10-12-6-3-4-7-22-12/h8-9,12H,2-7,10H2,1H3,(H,17,21). The topological polar surface area (TPSA) is 81.9 Å². The molecule has 0 bridgehead atoms. The van der Waals surface area contributed by atoms with E-state index in [1.165, 1.54) is 6.42 Å². The molecule has 1 N–H and O–H groups in total. The van der Waals surface area contributed by atoms with Crippen molar-refractivity contribution in [1.82, 2.24) is 19.4 Å². The first kappa shape index (κ1) is 16.1. The lowest BCUT2D eigenvalue weighted by molar-refractivity contribution is 0.00401. The highest BCUT2D eigenvalue weighted by Crippen LogP contribution is 2.17. The second kappa shape index (κ2) is 7.65. The van der Waals surface area contributed by atoms with Crippen molar-refractivity contribution in [1.29, 1.82) is 0 Å². The summed E-state index contributed by atoms with van der Waals surface area (Å²) >= 11 is 1.13. The van der Waals surface area contributed by atoms with Gasteiger partial charge >= 0.3 is 0 Å². The molecule has 1 atom stereocenters. The zero-order chi connectivity index (χ0) is 16.1. The highest BCUT2D eigenvalue weighted by molar-refractivity contribution is 7.08. The van der Waals surface area contributed by atoms with Gasteiger partial charge in [-0.1, -0.05) is 17.8 Å². The molecule has 0 radical (unpaired) electrons. The van der Waals surface area contributed by atoms with Crippen LogP contribution in [0.5, 0.6) is 0 Å². The number of nitrogens with zero attached hydrogens (tertiary/aromatic N) is 4. The van der Waals surface area contributed by atoms with Gasteiger partial charge < -0.3 is 10.1 Å². The number of anilines is 1. The predicted molar refractivity (Wildman–Crippen MR) is 87.7 cm³/mol. The Balaban J connectivity index is 1.59. The van der Waals surface area contributed by atoms with Gasteiger partial charge in [-0.2, -0.15) is 5.10 Å². The van der Waals surface area contributed by atoms with Crippen LogP contribution in [0.2, 0.25) is 0 Å². The van der Waals surface area contributed by atoms with Crippen LogP contribution in [0.4, 0.5) is 5.69 Å². The molecule has 1 aliphatic rings. The fraction of sp³-hybridized carbons (Fsp3) is 0.600. The summed E-state index contributed by atoms with van der Waals surface area (Å²) < 4.78 is 11.4. The fourth-order valence-corrected chi connectivity index (χ4v) is 3.26. The van der Waals surface area contributed by atoms with E-state index >= 15 is 0 Å². The number of hydrogen-bond donors (Lipinski definition) is 1. The lowest BCUT2D eigenvalue weighted by Crippen LogP contribution is -2.24. The number of hydrogen-bond acceptors (Lipinski definition) is 6. The summed E-state index contributed by atoms with van der Waals surface area (Å²) in [6, 6.07) is 0. The van der Waals surface area contributed by atoms with E-state index in [0.717, 1.165) is 56.1 Å². The molecule has 1 fully saturated rings. The third-order valence-electron chi connectivity index (χ3n) is 3.80. The zero-order valence-corrected chi connectivity index (χ0v) is 14.0. The maximum atomic E-state index is 12.3. The maximum Gasteiger partial charge on any atom is 0.269 e. The molecule has 8 heteroatoms. The summed E-state index contributed by atoms with van der Waals surface area (Å²) in [4.78, 5) is 12.9. The Bertz CT molecular complexity index is 648. The SMILES string of the molecule is CCCc1nnsc1C(=O)Nc1cnn(CC2CCCCO2)c1. The molecule has 0 spiro atoms. The van der Waals surface area contributed by atoms with Crippen LogP contribution < -0.4 is 5.32 Å². The van der Waals surface area contributed by atoms with Gasteiger partial charge in [-0.15, -0.1) is 5.10 Å². The van der Waals surface area contributed by atoms with Crippen LogP contribution in [0, 0.1) is 0 Å². The van der Waals surface area contributed by atoms with Gasteiger partial charge in [0.2, 0.25) is 0 Å². The molecule has 2 aromatic rings. The van der Waals surface area contributed by atoms with Gasteiger partial charge in [-0.25, -0.2) is 0 Å². The number of rotatable bonds is 6. The second-order valence-corrected chi connectivity index (χ2v) is 6.45. The lowest BCUT2D eigenvalue weighted by Gasteiger charge is -2.22. The summed E-state index contributed by atoms with van der Waals surface area (Å²) in [5.74, 6) is -0.170. The van der Waals surface area contributed by atoms with E-state index in [4.69, 9.17) is 4.74 Å². The minimum absolute atomic E-state index is 0.170. The first-order valence-electron chi connectivity index (χ1n) is 8.03. The molecule has 1 aliphatic heterocycles. The average Bonchev–Trinajstić information content (AvgIpc) is 3.18. The van der Waals surface area contributed by atoms with Gasteiger partial charge in [-0.05, 0) is 37.2 Å². The van der Waals surface area contributed by atoms with Crippen molar-refractivity contribution in [3.05, 3.63) is 23.0 Å². The number of aromatic nitrogens is 4. The number of aryl methyl sites for hydroxylation is 1. The predicted octanol–water partition coefficient (Wildman–Crippen LogP) is 2.51. The highest BCUT2D eigenvalue weighted by atomic mass is 32.1. The van der Waals surface area contributed by atoms with Crippen LogP contribution in [-0.2, 0) is 17.7 Å². The fourth-order valence-electron chi connectivity index (χ4n) is 2.66. The quantitative estimate of drug-likeness (QED) is 0.877. The molecule has 23 heavy (non-hydrogen) atoms. The van der Waals surface area contributed by atoms with Crippen LogP contribution in [0.25, 0.3) is 0 Å². The molecule has 0 aromatic carbocycles. The Morgan fingerprint density at radius 3 is 3.22 bits per heavy atom. The molecule has 1 amide bonds. The Kier molecular flexibility index (Phi) is 5.35. The molecule has 3 rings (SSSR count). The Morgan fingerprint density at radius 2 is 2.43 bits per heavy atom. The molecular formula is C15H21N5O2S. The smallest absolute Gasteiger partial charge is 0.269 e. The Hall–Kier alpha value is -1.80. The van der Waals surface area contributed by atoms with E-state index in [2.05, 4.69) is 26.9 Å². The van der Waals surface area contributed by atoms with Crippen LogP contribution in [0.1, 0.15) is 48.0 Å². The number of nitrogens with one attached hydrogen (secondary N) is 1. The van der Waals surface area contributed by atoms with Crippen molar-refractivity contribution in [2.45, 2.75) is 51.7 Å². The third kappa shape index (κ3) is 4.14. The van der Waals surface area contributed by atoms with Gasteiger partial charge in [0.25, 0.3) is 5.91 Å². The van der Waals surface area contributed by atoms with E-state index in [9.17, 15) is 4.79 Å². The van der Waals surface area contributed by atoms with Gasteiger partial charge in [0.05, 0.1) is 30.2 Å². The monoisotopic (exact) mass is 335 g/mol. The Labute approximate surface area is 139 Å². The normalized spacial score (nSPS) is 18.0. The molecular weight excluding hydrogens is 314 g/mol. The van der Waals surface area contributed by atoms with Crippen molar-refractivity contribution in [3.63, 3.8) is 0 Å². The van der Waals surface area contributed by atoms with Gasteiger partial charge in [0.1, 0.15) is 4.88 Å². The molecule has 124 valence electrons. The van der Waals surface area contributed by atoms with Crippen molar-refractivity contribution in [3.8, 4) is 0 Å². The highest BCUT2D eigenvalue weighted by Gasteiger charge is 2.18. The minimum Gasteiger partial charge on any atom is -0.376 e. The van der Waals surface area contributed by atoms with Crippen molar-refractivity contribution in [2.75, 3.05) is 11.9 Å². The van der Waals surface area contributed by atoms with E-state index in [0.29, 0.717) is 10.6 Å². The van der Waals surface area contributed by atoms with Crippen LogP contribution in [0.15, 0.2) is 12.4 Å². The van der Waals surface area contributed by atoms with Gasteiger partial charge in [-0.3, -0.25) is 9.48 Å². The van der Waals surface area contributed by atoms with Crippen LogP contribution >= 0.6 is 11.5 Å². The van der Waals surface area contributed by atoms with E-state index in [-0.39, 0.29) is 12.0 Å². The third-order valence-corrected chi connectivity index (χ3v) is 4.57. The zero-order valence-electron chi connectivity index (χ0n) is 13.2. The second-order valence-electron chi connectivity index (χ2n) is 5.69. The molecule has 1 saturated heterocycles. The molecule has 7 nitrogen and oxygen atoms in total. The number of amides is 1. The summed E-state index contributed by atoms with van der Waals surface area (Å²) in [5, 5.41) is 11.2. The van der Waals surface area contributed by atoms with E-state index in [1.807, 2.05) is 10.9 Å². The molecule has 1 unspecified atom stereocenters. The average molecular weight is 335 g/mol. The molecule has 2 aromatic heterocycles. The van der Waals surface area contributed by atoms with E-state index in [1.54, 1.807) is 6.20 Å². The minimum atomic E-state index is -0.170. The summed E-state index contributed by atoms with van der Waals surface area (Å²) in [6.07, 6.45) is 8.82. The Morgan fingerprint density at radius 1 is 1.52 bits per heavy atom. The van der Waals surface area contributed by atoms with Crippen molar-refractivity contribution in [2.24, 2.45) is 0 Å². The van der Waals surface area contributed by atoms with Crippen LogP contribution in [0.3, 0.4) is 0 Å². The van der Waals surface area contributed by atoms with Crippen molar-refractivity contribution >= 4 is 23.1 Å². The van der Waals surface area contributed by atoms with Gasteiger partial charge in [0, 0.05) is 12.8 Å². The number of ether oxygens (including phenoxy) is 1. The van der Waals surface area contributed by atoms with Crippen LogP contribution in [-0.4, -0.2) is 38.0 Å². The molecule has 3 heterocycles. The number of carbonyl (C=O) groups is 1. The summed E-state index contributed by atoms with van der Waals surface area (Å²) in [6.45, 7) is 3.60. The van der Waals surface area contributed by atoms with E-state index < -0.39 is 0 Å². The molecule has 0 aliphatic carbocycles. The number of carbonyl (C=O) groups excluding carboxylic acids is 1. The lowest BCUT2D eigenvalue weighted by atomic mass is 10.1. The first-order valence-corrected chi connectivity index (χ1v) is 8.80. The van der Waals surface area contributed by atoms with Crippen molar-refractivity contribution < 1.29 is 9.53 Å².